The van der Waals surface area contributed by atoms with Crippen LogP contribution in [0.3, 0.4) is 0 Å². The van der Waals surface area contributed by atoms with Gasteiger partial charge in [-0.1, -0.05) is 98.9 Å². The van der Waals surface area contributed by atoms with Gasteiger partial charge >= 0.3 is 0 Å². The van der Waals surface area contributed by atoms with Gasteiger partial charge in [-0.05, 0) is 85.6 Å². The number of hydrogen-bond acceptors (Lipinski definition) is 6. The number of benzene rings is 2. The lowest BCUT2D eigenvalue weighted by Gasteiger charge is -2.15. The van der Waals surface area contributed by atoms with E-state index in [-0.39, 0.29) is 0 Å². The van der Waals surface area contributed by atoms with Crippen molar-refractivity contribution in [2.24, 2.45) is 0 Å². The van der Waals surface area contributed by atoms with Gasteiger partial charge in [-0.15, -0.1) is 0 Å². The zero-order chi connectivity index (χ0) is 44.6. The fourth-order valence-corrected chi connectivity index (χ4v) is 9.52. The van der Waals surface area contributed by atoms with Crippen LogP contribution in [-0.2, 0) is 22.9 Å². The van der Waals surface area contributed by atoms with Crippen molar-refractivity contribution >= 4 is 62.5 Å². The van der Waals surface area contributed by atoms with Crippen LogP contribution < -0.4 is 0 Å². The fraction of sp³-hybridized carbons (Fsp3) is 0.269. The molecule has 0 spiro atoms. The largest absolute Gasteiger partial charge is 0.361 e. The third kappa shape index (κ3) is 9.65. The molecule has 9 rings (SSSR count). The van der Waals surface area contributed by atoms with Gasteiger partial charge in [0.1, 0.15) is 13.5 Å². The minimum Gasteiger partial charge on any atom is -0.361 e. The molecule has 0 aliphatic carbocycles. The van der Waals surface area contributed by atoms with E-state index < -0.39 is 16.1 Å². The van der Waals surface area contributed by atoms with Gasteiger partial charge in [-0.25, -0.2) is 19.9 Å². The van der Waals surface area contributed by atoms with E-state index >= 15 is 0 Å². The molecule has 2 aliphatic heterocycles. The Balaban J connectivity index is 1.29. The van der Waals surface area contributed by atoms with Crippen molar-refractivity contribution in [3.63, 3.8) is 0 Å². The molecule has 0 saturated heterocycles. The molecule has 7 heterocycles. The van der Waals surface area contributed by atoms with Crippen molar-refractivity contribution in [1.82, 2.24) is 39.0 Å². The number of hydrogen-bond donors (Lipinski definition) is 2. The monoisotopic (exact) mass is 882 g/mol. The number of nitrogens with one attached hydrogen (secondary N) is 2. The third-order valence-electron chi connectivity index (χ3n) is 11.7. The van der Waals surface area contributed by atoms with Gasteiger partial charge in [0, 0.05) is 63.9 Å². The molecule has 0 radical (unpaired) electrons. The lowest BCUT2D eigenvalue weighted by atomic mass is 10.0. The normalized spacial score (nSPS) is 12.8. The molecule has 8 bridgehead atoms. The molecule has 0 atom stereocenters. The average Bonchev–Trinajstić information content (AvgIpc) is 4.11. The molecule has 0 unspecified atom stereocenters. The highest BCUT2D eigenvalue weighted by molar-refractivity contribution is 6.76. The highest BCUT2D eigenvalue weighted by atomic mass is 28.3. The summed E-state index contributed by atoms with van der Waals surface area (Å²) in [5.74, 6) is 0. The van der Waals surface area contributed by atoms with Crippen molar-refractivity contribution in [3.05, 3.63) is 132 Å². The van der Waals surface area contributed by atoms with Gasteiger partial charge in [-0.2, -0.15) is 0 Å². The SMILES string of the molecule is Cc1ccc(-c2c3nc(c(-c4cn(COCC[Si](C)(C)C)cn4)c4ccc([nH]4)c(-c4ccc(C)cc4)c4ccc([nH]4)c(-c4cn(COCC[Si](C)(C)C)cn4)c4nc2C=C4)C=C3)cc1. The molecule has 7 aromatic rings. The fourth-order valence-electron chi connectivity index (χ4n) is 8.01. The molecule has 2 N–H and O–H groups in total. The second-order valence-electron chi connectivity index (χ2n) is 19.5. The van der Waals surface area contributed by atoms with Crippen LogP contribution >= 0.6 is 0 Å². The van der Waals surface area contributed by atoms with Crippen LogP contribution in [0.25, 0.3) is 91.1 Å². The summed E-state index contributed by atoms with van der Waals surface area (Å²) in [6.45, 7) is 20.8. The third-order valence-corrected chi connectivity index (χ3v) is 15.1. The summed E-state index contributed by atoms with van der Waals surface area (Å²) in [7, 11) is -2.44. The first-order valence-electron chi connectivity index (χ1n) is 22.2. The summed E-state index contributed by atoms with van der Waals surface area (Å²) in [5, 5.41) is 0. The number of imidazole rings is 2. The van der Waals surface area contributed by atoms with Crippen LogP contribution in [0.15, 0.2) is 97.8 Å². The summed E-state index contributed by atoms with van der Waals surface area (Å²) in [4.78, 5) is 28.5. The van der Waals surface area contributed by atoms with Crippen LogP contribution in [0.5, 0.6) is 0 Å². The Morgan fingerprint density at radius 3 is 1.22 bits per heavy atom. The first kappa shape index (κ1) is 43.1. The quantitative estimate of drug-likeness (QED) is 0.0831. The number of fused-ring (bicyclic) bond motifs is 8. The van der Waals surface area contributed by atoms with Crippen LogP contribution in [0.2, 0.25) is 51.4 Å². The van der Waals surface area contributed by atoms with Crippen molar-refractivity contribution in [3.8, 4) is 44.8 Å². The van der Waals surface area contributed by atoms with Crippen molar-refractivity contribution in [2.75, 3.05) is 13.2 Å². The van der Waals surface area contributed by atoms with Gasteiger partial charge in [0.2, 0.25) is 0 Å². The van der Waals surface area contributed by atoms with Crippen molar-refractivity contribution < 1.29 is 9.47 Å². The highest BCUT2D eigenvalue weighted by Gasteiger charge is 2.21. The van der Waals surface area contributed by atoms with Crippen LogP contribution in [0.4, 0.5) is 0 Å². The first-order chi connectivity index (χ1) is 30.7. The zero-order valence-electron chi connectivity index (χ0n) is 38.3. The molecule has 0 saturated carbocycles. The van der Waals surface area contributed by atoms with Gasteiger partial charge in [0.05, 0.1) is 69.0 Å². The molecule has 10 nitrogen and oxygen atoms in total. The van der Waals surface area contributed by atoms with E-state index in [2.05, 4.69) is 173 Å². The second-order valence-corrected chi connectivity index (χ2v) is 30.7. The van der Waals surface area contributed by atoms with Gasteiger partial charge < -0.3 is 28.6 Å². The minimum absolute atomic E-state index is 0.434. The predicted octanol–water partition coefficient (Wildman–Crippen LogP) is 13.0. The Hall–Kier alpha value is -6.19. The number of ether oxygens (including phenoxy) is 2. The van der Waals surface area contributed by atoms with E-state index in [0.29, 0.717) is 13.5 Å². The maximum Gasteiger partial charge on any atom is 0.123 e. The van der Waals surface area contributed by atoms with Gasteiger partial charge in [0.25, 0.3) is 0 Å². The molecular weight excluding hydrogens is 825 g/mol. The maximum absolute atomic E-state index is 6.15. The number of aryl methyl sites for hydroxylation is 2. The van der Waals surface area contributed by atoms with Gasteiger partial charge in [0.15, 0.2) is 0 Å². The average molecular weight is 883 g/mol. The molecule has 5 aromatic heterocycles. The summed E-state index contributed by atoms with van der Waals surface area (Å²) in [6, 6.07) is 28.1. The summed E-state index contributed by atoms with van der Waals surface area (Å²) in [5.41, 5.74) is 16.9. The van der Waals surface area contributed by atoms with Gasteiger partial charge in [-0.3, -0.25) is 0 Å². The molecule has 2 aliphatic rings. The number of H-pyrrole nitrogens is 2. The molecule has 326 valence electrons. The van der Waals surface area contributed by atoms with Crippen LogP contribution in [0, 0.1) is 13.8 Å². The maximum atomic E-state index is 6.15. The van der Waals surface area contributed by atoms with E-state index in [1.54, 1.807) is 0 Å². The Morgan fingerprint density at radius 2 is 0.828 bits per heavy atom. The predicted molar refractivity (Wildman–Crippen MR) is 270 cm³/mol. The number of nitrogens with zero attached hydrogens (tertiary/aromatic N) is 6. The van der Waals surface area contributed by atoms with Crippen molar-refractivity contribution in [1.29, 1.82) is 0 Å². The van der Waals surface area contributed by atoms with E-state index in [1.165, 1.54) is 11.1 Å². The topological polar surface area (TPSA) is 111 Å². The molecular formula is C52H58N8O2Si2. The summed E-state index contributed by atoms with van der Waals surface area (Å²) in [6.07, 6.45) is 16.2. The lowest BCUT2D eigenvalue weighted by Crippen LogP contribution is -2.21. The molecule has 0 fully saturated rings. The van der Waals surface area contributed by atoms with Crippen molar-refractivity contribution in [2.45, 2.75) is 78.7 Å². The summed E-state index contributed by atoms with van der Waals surface area (Å²) >= 11 is 0. The molecule has 2 aromatic carbocycles. The number of aromatic nitrogens is 8. The second kappa shape index (κ2) is 17.8. The zero-order valence-corrected chi connectivity index (χ0v) is 40.3. The molecule has 0 amide bonds. The van der Waals surface area contributed by atoms with Crippen LogP contribution in [-0.4, -0.2) is 68.4 Å². The number of aromatic amines is 2. The number of rotatable bonds is 14. The standard InChI is InChI=1S/C52H58N8O2Si2/c1-35-9-13-37(14-10-35)49-39-17-21-43(55-39)51(47-29-59(31-53-47)33-61-25-27-63(3,4)5)45-23-19-41(57-45)50(38-15-11-36(2)12-16-38)42-20-24-46(58-42)52(44-22-18-40(49)56-44)48-30-60(32-54-48)34-62-26-28-64(6,7)8/h9-24,29-32,55-56H,25-28,33-34H2,1-8H3. The molecule has 12 heteroatoms. The van der Waals surface area contributed by atoms with E-state index in [0.717, 1.165) is 115 Å². The summed E-state index contributed by atoms with van der Waals surface area (Å²) < 4.78 is 16.3. The Bertz CT molecular complexity index is 2890. The smallest absolute Gasteiger partial charge is 0.123 e. The highest BCUT2D eigenvalue weighted by Crippen LogP contribution is 2.38. The first-order valence-corrected chi connectivity index (χ1v) is 29.7. The molecule has 64 heavy (non-hydrogen) atoms. The van der Waals surface area contributed by atoms with Crippen LogP contribution in [0.1, 0.15) is 33.9 Å². The van der Waals surface area contributed by atoms with E-state index in [1.807, 2.05) is 21.8 Å². The Kier molecular flexibility index (Phi) is 12.0. The Morgan fingerprint density at radius 1 is 0.469 bits per heavy atom. The Labute approximate surface area is 377 Å². The van der Waals surface area contributed by atoms with E-state index in [4.69, 9.17) is 29.4 Å². The minimum atomic E-state index is -1.22. The van der Waals surface area contributed by atoms with E-state index in [9.17, 15) is 0 Å². The lowest BCUT2D eigenvalue weighted by molar-refractivity contribution is 0.0871.